The van der Waals surface area contributed by atoms with Gasteiger partial charge >= 0.3 is 0 Å². The third-order valence-electron chi connectivity index (χ3n) is 2.67. The van der Waals surface area contributed by atoms with Crippen molar-refractivity contribution in [2.24, 2.45) is 7.05 Å². The lowest BCUT2D eigenvalue weighted by molar-refractivity contribution is 0.893. The molecule has 0 saturated carbocycles. The molecule has 0 aromatic carbocycles. The fraction of sp³-hybridized carbons (Fsp3) is 0.364. The molecular formula is C11H14N4S. The lowest BCUT2D eigenvalue weighted by Crippen LogP contribution is -2.01. The highest BCUT2D eigenvalue weighted by molar-refractivity contribution is 7.71. The summed E-state index contributed by atoms with van der Waals surface area (Å²) in [5, 5.41) is 0. The highest BCUT2D eigenvalue weighted by Crippen LogP contribution is 2.16. The van der Waals surface area contributed by atoms with Crippen LogP contribution in [0.15, 0.2) is 12.5 Å². The summed E-state index contributed by atoms with van der Waals surface area (Å²) in [5.41, 5.74) is 3.14. The summed E-state index contributed by atoms with van der Waals surface area (Å²) in [4.78, 5) is 11.8. The maximum Gasteiger partial charge on any atom is 0.157 e. The molecule has 16 heavy (non-hydrogen) atoms. The van der Waals surface area contributed by atoms with E-state index in [1.807, 2.05) is 18.5 Å². The van der Waals surface area contributed by atoms with Gasteiger partial charge in [0.05, 0.1) is 12.5 Å². The molecule has 2 rings (SSSR count). The molecule has 0 aliphatic carbocycles. The van der Waals surface area contributed by atoms with E-state index in [4.69, 9.17) is 12.2 Å². The first kappa shape index (κ1) is 11.0. The summed E-state index contributed by atoms with van der Waals surface area (Å²) in [6.07, 6.45) is 4.45. The fourth-order valence-corrected chi connectivity index (χ4v) is 1.85. The first-order valence-corrected chi connectivity index (χ1v) is 5.60. The van der Waals surface area contributed by atoms with E-state index in [0.717, 1.165) is 29.2 Å². The summed E-state index contributed by atoms with van der Waals surface area (Å²) < 4.78 is 2.58. The van der Waals surface area contributed by atoms with Crippen molar-refractivity contribution in [3.8, 4) is 11.5 Å². The molecule has 0 bridgehead atoms. The molecule has 0 radical (unpaired) electrons. The van der Waals surface area contributed by atoms with Crippen LogP contribution in [0.1, 0.15) is 18.2 Å². The van der Waals surface area contributed by atoms with Gasteiger partial charge in [0.1, 0.15) is 10.3 Å². The van der Waals surface area contributed by atoms with E-state index in [-0.39, 0.29) is 0 Å². The molecule has 0 aliphatic heterocycles. The molecule has 2 heterocycles. The van der Waals surface area contributed by atoms with Crippen LogP contribution in [-0.4, -0.2) is 19.5 Å². The maximum absolute atomic E-state index is 5.25. The highest BCUT2D eigenvalue weighted by atomic mass is 32.1. The van der Waals surface area contributed by atoms with Crippen molar-refractivity contribution in [2.45, 2.75) is 20.3 Å². The Morgan fingerprint density at radius 2 is 2.25 bits per heavy atom. The van der Waals surface area contributed by atoms with E-state index in [0.29, 0.717) is 4.64 Å². The first-order chi connectivity index (χ1) is 7.63. The van der Waals surface area contributed by atoms with Crippen LogP contribution in [0.4, 0.5) is 0 Å². The number of hydrogen-bond donors (Lipinski definition) is 1. The van der Waals surface area contributed by atoms with Gasteiger partial charge in [-0.25, -0.2) is 9.97 Å². The van der Waals surface area contributed by atoms with Crippen molar-refractivity contribution in [3.63, 3.8) is 0 Å². The Labute approximate surface area is 99.4 Å². The van der Waals surface area contributed by atoms with Crippen molar-refractivity contribution >= 4 is 12.2 Å². The molecule has 0 saturated heterocycles. The second-order valence-corrected chi connectivity index (χ2v) is 4.12. The second kappa shape index (κ2) is 4.17. The van der Waals surface area contributed by atoms with Gasteiger partial charge in [-0.05, 0) is 13.3 Å². The van der Waals surface area contributed by atoms with E-state index in [1.54, 1.807) is 12.5 Å². The predicted molar refractivity (Wildman–Crippen MR) is 65.7 cm³/mol. The number of imidazole rings is 1. The van der Waals surface area contributed by atoms with Gasteiger partial charge in [0.2, 0.25) is 0 Å². The Kier molecular flexibility index (Phi) is 2.87. The number of aromatic amines is 1. The predicted octanol–water partition coefficient (Wildman–Crippen LogP) is 2.41. The van der Waals surface area contributed by atoms with Crippen molar-refractivity contribution < 1.29 is 0 Å². The first-order valence-electron chi connectivity index (χ1n) is 5.20. The number of hydrogen-bond acceptors (Lipinski definition) is 3. The maximum atomic E-state index is 5.25. The monoisotopic (exact) mass is 234 g/mol. The normalized spacial score (nSPS) is 10.7. The summed E-state index contributed by atoms with van der Waals surface area (Å²) in [7, 11) is 1.94. The van der Waals surface area contributed by atoms with E-state index in [9.17, 15) is 0 Å². The molecule has 0 amide bonds. The van der Waals surface area contributed by atoms with E-state index in [1.165, 1.54) is 0 Å². The van der Waals surface area contributed by atoms with Crippen LogP contribution in [0, 0.1) is 11.6 Å². The molecular weight excluding hydrogens is 220 g/mol. The minimum absolute atomic E-state index is 0.659. The van der Waals surface area contributed by atoms with Gasteiger partial charge in [-0.3, -0.25) is 0 Å². The van der Waals surface area contributed by atoms with Crippen LogP contribution in [0.25, 0.3) is 11.5 Å². The van der Waals surface area contributed by atoms with Crippen LogP contribution in [0.3, 0.4) is 0 Å². The minimum atomic E-state index is 0.659. The largest absolute Gasteiger partial charge is 0.342 e. The van der Waals surface area contributed by atoms with Crippen molar-refractivity contribution in [1.29, 1.82) is 0 Å². The molecule has 4 nitrogen and oxygen atoms in total. The van der Waals surface area contributed by atoms with Crippen molar-refractivity contribution in [2.75, 3.05) is 0 Å². The number of aryl methyl sites for hydroxylation is 2. The number of nitrogens with zero attached hydrogens (tertiary/aromatic N) is 3. The van der Waals surface area contributed by atoms with Crippen LogP contribution in [0.5, 0.6) is 0 Å². The summed E-state index contributed by atoms with van der Waals surface area (Å²) >= 11 is 5.25. The number of rotatable bonds is 2. The van der Waals surface area contributed by atoms with Gasteiger partial charge in [0, 0.05) is 18.3 Å². The summed E-state index contributed by atoms with van der Waals surface area (Å²) in [6, 6.07) is 0. The third kappa shape index (κ3) is 1.78. The standard InChI is InChI=1S/C11H14N4S/c1-4-8-7(2)11(16)14-10(13-8)9-5-12-6-15(9)3/h5-6H,4H2,1-3H3,(H,13,14,16). The summed E-state index contributed by atoms with van der Waals surface area (Å²) in [6.45, 7) is 4.10. The number of nitrogens with one attached hydrogen (secondary N) is 1. The zero-order valence-electron chi connectivity index (χ0n) is 9.61. The molecule has 1 N–H and O–H groups in total. The van der Waals surface area contributed by atoms with Gasteiger partial charge < -0.3 is 9.55 Å². The van der Waals surface area contributed by atoms with Crippen molar-refractivity contribution in [1.82, 2.24) is 19.5 Å². The molecule has 84 valence electrons. The summed E-state index contributed by atoms with van der Waals surface area (Å²) in [5.74, 6) is 0.785. The molecule has 0 fully saturated rings. The Balaban J connectivity index is 2.64. The minimum Gasteiger partial charge on any atom is -0.342 e. The Morgan fingerprint density at radius 3 is 2.81 bits per heavy atom. The average molecular weight is 234 g/mol. The SMILES string of the molecule is CCc1[nH]c(-c2cncn2C)nc(=S)c1C. The molecule has 0 unspecified atom stereocenters. The zero-order valence-corrected chi connectivity index (χ0v) is 10.4. The Hall–Kier alpha value is -1.49. The van der Waals surface area contributed by atoms with Crippen molar-refractivity contribution in [3.05, 3.63) is 28.4 Å². The molecule has 5 heteroatoms. The number of aromatic nitrogens is 4. The van der Waals surface area contributed by atoms with Crippen LogP contribution >= 0.6 is 12.2 Å². The van der Waals surface area contributed by atoms with E-state index >= 15 is 0 Å². The molecule has 0 spiro atoms. The second-order valence-electron chi connectivity index (χ2n) is 3.74. The van der Waals surface area contributed by atoms with Gasteiger partial charge in [0.25, 0.3) is 0 Å². The van der Waals surface area contributed by atoms with Gasteiger partial charge in [0.15, 0.2) is 5.82 Å². The van der Waals surface area contributed by atoms with Crippen LogP contribution in [-0.2, 0) is 13.5 Å². The average Bonchev–Trinajstić information content (AvgIpc) is 2.68. The Bertz CT molecular complexity index is 568. The van der Waals surface area contributed by atoms with E-state index < -0.39 is 0 Å². The molecule has 2 aromatic heterocycles. The lowest BCUT2D eigenvalue weighted by Gasteiger charge is -2.07. The van der Waals surface area contributed by atoms with Gasteiger partial charge in [-0.2, -0.15) is 0 Å². The Morgan fingerprint density at radius 1 is 1.50 bits per heavy atom. The smallest absolute Gasteiger partial charge is 0.157 e. The quantitative estimate of drug-likeness (QED) is 0.812. The molecule has 2 aromatic rings. The third-order valence-corrected chi connectivity index (χ3v) is 3.07. The lowest BCUT2D eigenvalue weighted by atomic mass is 10.2. The van der Waals surface area contributed by atoms with Gasteiger partial charge in [-0.1, -0.05) is 19.1 Å². The topological polar surface area (TPSA) is 46.5 Å². The van der Waals surface area contributed by atoms with Gasteiger partial charge in [-0.15, -0.1) is 0 Å². The number of H-pyrrole nitrogens is 1. The fourth-order valence-electron chi connectivity index (χ4n) is 1.64. The van der Waals surface area contributed by atoms with Crippen LogP contribution in [0.2, 0.25) is 0 Å². The van der Waals surface area contributed by atoms with E-state index in [2.05, 4.69) is 21.9 Å². The zero-order chi connectivity index (χ0) is 11.7. The molecule has 0 atom stereocenters. The highest BCUT2D eigenvalue weighted by Gasteiger charge is 2.08. The molecule has 0 aliphatic rings. The van der Waals surface area contributed by atoms with Crippen LogP contribution < -0.4 is 0 Å².